The van der Waals surface area contributed by atoms with Crippen LogP contribution in [0.1, 0.15) is 11.1 Å². The first-order chi connectivity index (χ1) is 13.2. The van der Waals surface area contributed by atoms with Crippen LogP contribution in [0.5, 0.6) is 11.5 Å². The molecule has 1 heterocycles. The van der Waals surface area contributed by atoms with Crippen LogP contribution < -0.4 is 25.4 Å². The number of benzene rings is 2. The molecule has 1 aliphatic rings. The molecule has 2 aromatic carbocycles. The summed E-state index contributed by atoms with van der Waals surface area (Å²) in [6, 6.07) is 11.4. The molecular formula is C19H19FN4O3. The maximum absolute atomic E-state index is 13.5. The second-order valence-corrected chi connectivity index (χ2v) is 5.79. The third kappa shape index (κ3) is 4.79. The van der Waals surface area contributed by atoms with Gasteiger partial charge in [0.2, 0.25) is 0 Å². The lowest BCUT2D eigenvalue weighted by Gasteiger charge is -2.19. The number of nitrogens with one attached hydrogen (secondary N) is 3. The maximum atomic E-state index is 13.5. The highest BCUT2D eigenvalue weighted by Gasteiger charge is 2.12. The highest BCUT2D eigenvalue weighted by molar-refractivity contribution is 5.73. The average Bonchev–Trinajstić information content (AvgIpc) is 2.69. The zero-order valence-electron chi connectivity index (χ0n) is 14.5. The van der Waals surface area contributed by atoms with Gasteiger partial charge in [-0.1, -0.05) is 12.1 Å². The van der Waals surface area contributed by atoms with Crippen LogP contribution in [0.15, 0.2) is 36.4 Å². The Kier molecular flexibility index (Phi) is 5.94. The Morgan fingerprint density at radius 1 is 1.11 bits per heavy atom. The third-order valence-corrected chi connectivity index (χ3v) is 3.91. The second-order valence-electron chi connectivity index (χ2n) is 5.79. The molecule has 0 aliphatic carbocycles. The van der Waals surface area contributed by atoms with Crippen LogP contribution in [0.3, 0.4) is 0 Å². The quantitative estimate of drug-likeness (QED) is 0.679. The molecule has 2 amide bonds. The van der Waals surface area contributed by atoms with Gasteiger partial charge in [-0.25, -0.2) is 9.18 Å². The number of halogens is 1. The number of fused-ring (bicyclic) bond motifs is 1. The lowest BCUT2D eigenvalue weighted by molar-refractivity contribution is 0.171. The van der Waals surface area contributed by atoms with Gasteiger partial charge < -0.3 is 25.4 Å². The molecule has 0 radical (unpaired) electrons. The number of nitrogens with zero attached hydrogens (tertiary/aromatic N) is 1. The fraction of sp³-hybridized carbons (Fsp3) is 0.263. The molecular weight excluding hydrogens is 351 g/mol. The molecule has 0 spiro atoms. The van der Waals surface area contributed by atoms with Crippen LogP contribution in [-0.4, -0.2) is 32.3 Å². The number of urea groups is 1. The molecule has 0 aromatic heterocycles. The van der Waals surface area contributed by atoms with Gasteiger partial charge >= 0.3 is 6.03 Å². The standard InChI is InChI=1S/C19H19FN4O3/c20-15-2-1-3-16(14(15)11-21)22-6-7-23-19(25)24-12-13-4-5-17-18(10-13)27-9-8-26-17/h1-5,10,22H,6-9,12H2,(H2,23,24,25). The topological polar surface area (TPSA) is 95.4 Å². The van der Waals surface area contributed by atoms with Crippen molar-refractivity contribution >= 4 is 11.7 Å². The van der Waals surface area contributed by atoms with Crippen LogP contribution >= 0.6 is 0 Å². The van der Waals surface area contributed by atoms with Crippen LogP contribution in [0.25, 0.3) is 0 Å². The smallest absolute Gasteiger partial charge is 0.315 e. The Morgan fingerprint density at radius 2 is 1.93 bits per heavy atom. The molecule has 0 atom stereocenters. The summed E-state index contributed by atoms with van der Waals surface area (Å²) in [5, 5.41) is 17.3. The first kappa shape index (κ1) is 18.3. The van der Waals surface area contributed by atoms with Crippen molar-refractivity contribution in [3.8, 4) is 17.6 Å². The summed E-state index contributed by atoms with van der Waals surface area (Å²) in [6.45, 7) is 2.06. The van der Waals surface area contributed by atoms with Crippen LogP contribution in [0, 0.1) is 17.1 Å². The van der Waals surface area contributed by atoms with Crippen LogP contribution in [0.4, 0.5) is 14.9 Å². The summed E-state index contributed by atoms with van der Waals surface area (Å²) in [7, 11) is 0. The molecule has 0 fully saturated rings. The minimum absolute atomic E-state index is 0.0411. The molecule has 0 unspecified atom stereocenters. The van der Waals surface area contributed by atoms with Gasteiger partial charge in [0.25, 0.3) is 0 Å². The molecule has 3 N–H and O–H groups in total. The molecule has 140 valence electrons. The van der Waals surface area contributed by atoms with Gasteiger partial charge in [-0.15, -0.1) is 0 Å². The SMILES string of the molecule is N#Cc1c(F)cccc1NCCNC(=O)NCc1ccc2c(c1)OCCO2. The number of ether oxygens (including phenoxy) is 2. The number of hydrogen-bond acceptors (Lipinski definition) is 5. The van der Waals surface area contributed by atoms with E-state index in [2.05, 4.69) is 16.0 Å². The van der Waals surface area contributed by atoms with E-state index in [1.807, 2.05) is 24.3 Å². The van der Waals surface area contributed by atoms with E-state index in [1.165, 1.54) is 12.1 Å². The average molecular weight is 370 g/mol. The Balaban J connectivity index is 1.40. The minimum atomic E-state index is -0.576. The maximum Gasteiger partial charge on any atom is 0.315 e. The van der Waals surface area contributed by atoms with Gasteiger partial charge in [-0.2, -0.15) is 5.26 Å². The molecule has 2 aromatic rings. The van der Waals surface area contributed by atoms with E-state index in [9.17, 15) is 9.18 Å². The number of anilines is 1. The molecule has 0 saturated carbocycles. The van der Waals surface area contributed by atoms with Gasteiger partial charge in [0.05, 0.1) is 5.69 Å². The molecule has 1 aliphatic heterocycles. The van der Waals surface area contributed by atoms with Crippen molar-refractivity contribution in [2.75, 3.05) is 31.6 Å². The first-order valence-corrected chi connectivity index (χ1v) is 8.50. The van der Waals surface area contributed by atoms with Crippen molar-refractivity contribution in [1.29, 1.82) is 5.26 Å². The Labute approximate surface area is 156 Å². The van der Waals surface area contributed by atoms with E-state index in [0.29, 0.717) is 50.0 Å². The normalized spacial score (nSPS) is 12.0. The zero-order chi connectivity index (χ0) is 19.1. The fourth-order valence-electron chi connectivity index (χ4n) is 2.60. The Bertz CT molecular complexity index is 867. The number of nitriles is 1. The summed E-state index contributed by atoms with van der Waals surface area (Å²) in [5.74, 6) is 0.802. The molecule has 27 heavy (non-hydrogen) atoms. The van der Waals surface area contributed by atoms with E-state index < -0.39 is 5.82 Å². The predicted octanol–water partition coefficient (Wildman–Crippen LogP) is 2.38. The third-order valence-electron chi connectivity index (χ3n) is 3.91. The second kappa shape index (κ2) is 8.76. The van der Waals surface area contributed by atoms with Crippen molar-refractivity contribution in [3.05, 3.63) is 53.3 Å². The van der Waals surface area contributed by atoms with E-state index in [1.54, 1.807) is 6.07 Å². The zero-order valence-corrected chi connectivity index (χ0v) is 14.5. The van der Waals surface area contributed by atoms with E-state index in [-0.39, 0.29) is 11.6 Å². The summed E-state index contributed by atoms with van der Waals surface area (Å²) in [5.41, 5.74) is 1.25. The van der Waals surface area contributed by atoms with Crippen molar-refractivity contribution in [2.45, 2.75) is 6.54 Å². The van der Waals surface area contributed by atoms with Gasteiger partial charge in [0.1, 0.15) is 30.7 Å². The summed E-state index contributed by atoms with van der Waals surface area (Å²) in [6.07, 6.45) is 0. The van der Waals surface area contributed by atoms with Gasteiger partial charge in [-0.3, -0.25) is 0 Å². The Morgan fingerprint density at radius 3 is 2.74 bits per heavy atom. The number of carbonyl (C=O) groups is 1. The summed E-state index contributed by atoms with van der Waals surface area (Å²) in [4.78, 5) is 11.9. The van der Waals surface area contributed by atoms with Crippen molar-refractivity contribution in [1.82, 2.24) is 10.6 Å². The largest absolute Gasteiger partial charge is 0.486 e. The molecule has 8 heteroatoms. The predicted molar refractivity (Wildman–Crippen MR) is 97.3 cm³/mol. The lowest BCUT2D eigenvalue weighted by Crippen LogP contribution is -2.37. The highest BCUT2D eigenvalue weighted by Crippen LogP contribution is 2.30. The van der Waals surface area contributed by atoms with Crippen molar-refractivity contribution < 1.29 is 18.7 Å². The molecule has 0 saturated heterocycles. The lowest BCUT2D eigenvalue weighted by atomic mass is 10.2. The highest BCUT2D eigenvalue weighted by atomic mass is 19.1. The van der Waals surface area contributed by atoms with Crippen LogP contribution in [-0.2, 0) is 6.54 Å². The van der Waals surface area contributed by atoms with E-state index in [0.717, 1.165) is 5.56 Å². The molecule has 0 bridgehead atoms. The minimum Gasteiger partial charge on any atom is -0.486 e. The molecule has 3 rings (SSSR count). The van der Waals surface area contributed by atoms with Gasteiger partial charge in [0.15, 0.2) is 11.5 Å². The van der Waals surface area contributed by atoms with E-state index >= 15 is 0 Å². The van der Waals surface area contributed by atoms with Crippen molar-refractivity contribution in [2.24, 2.45) is 0 Å². The van der Waals surface area contributed by atoms with E-state index in [4.69, 9.17) is 14.7 Å². The number of hydrogen-bond donors (Lipinski definition) is 3. The fourth-order valence-corrected chi connectivity index (χ4v) is 2.60. The Hall–Kier alpha value is -3.47. The first-order valence-electron chi connectivity index (χ1n) is 8.50. The monoisotopic (exact) mass is 370 g/mol. The number of carbonyl (C=O) groups excluding carboxylic acids is 1. The summed E-state index contributed by atoms with van der Waals surface area (Å²) < 4.78 is 24.5. The van der Waals surface area contributed by atoms with Crippen LogP contribution in [0.2, 0.25) is 0 Å². The van der Waals surface area contributed by atoms with Crippen molar-refractivity contribution in [3.63, 3.8) is 0 Å². The van der Waals surface area contributed by atoms with Gasteiger partial charge in [0, 0.05) is 19.6 Å². The number of rotatable bonds is 6. The summed E-state index contributed by atoms with van der Waals surface area (Å²) >= 11 is 0. The number of amides is 2. The molecule has 7 nitrogen and oxygen atoms in total. The van der Waals surface area contributed by atoms with Gasteiger partial charge in [-0.05, 0) is 29.8 Å².